The molecule has 3 nitrogen and oxygen atoms in total. The van der Waals surface area contributed by atoms with E-state index in [2.05, 4.69) is 5.10 Å². The van der Waals surface area contributed by atoms with Crippen molar-refractivity contribution >= 4 is 17.4 Å². The predicted octanol–water partition coefficient (Wildman–Crippen LogP) is 2.60. The second kappa shape index (κ2) is 5.15. The number of halogens is 1. The van der Waals surface area contributed by atoms with Gasteiger partial charge in [0.1, 0.15) is 5.78 Å². The zero-order chi connectivity index (χ0) is 10.6. The monoisotopic (exact) mass is 214 g/mol. The molecule has 0 atom stereocenters. The van der Waals surface area contributed by atoms with Gasteiger partial charge in [0.25, 0.3) is 0 Å². The molecule has 0 N–H and O–H groups in total. The lowest BCUT2D eigenvalue weighted by molar-refractivity contribution is -0.117. The molecule has 1 rings (SSSR count). The second-order valence-electron chi connectivity index (χ2n) is 3.46. The van der Waals surface area contributed by atoms with Crippen LogP contribution in [0, 0.1) is 6.92 Å². The fourth-order valence-corrected chi connectivity index (χ4v) is 1.43. The van der Waals surface area contributed by atoms with E-state index in [9.17, 15) is 4.79 Å². The largest absolute Gasteiger partial charge is 0.300 e. The number of hydrogen-bond acceptors (Lipinski definition) is 2. The zero-order valence-electron chi connectivity index (χ0n) is 8.59. The highest BCUT2D eigenvalue weighted by Crippen LogP contribution is 2.13. The van der Waals surface area contributed by atoms with Gasteiger partial charge in [-0.05, 0) is 26.7 Å². The highest BCUT2D eigenvalue weighted by atomic mass is 35.5. The van der Waals surface area contributed by atoms with Crippen molar-refractivity contribution in [3.8, 4) is 0 Å². The Morgan fingerprint density at radius 2 is 2.29 bits per heavy atom. The molecule has 0 unspecified atom stereocenters. The third kappa shape index (κ3) is 3.14. The van der Waals surface area contributed by atoms with Crippen LogP contribution in [0.5, 0.6) is 0 Å². The van der Waals surface area contributed by atoms with Gasteiger partial charge >= 0.3 is 0 Å². The molecule has 14 heavy (non-hydrogen) atoms. The van der Waals surface area contributed by atoms with E-state index in [1.54, 1.807) is 13.1 Å². The number of carbonyl (C=O) groups is 1. The number of rotatable bonds is 5. The first-order valence-electron chi connectivity index (χ1n) is 4.78. The summed E-state index contributed by atoms with van der Waals surface area (Å²) in [5.74, 6) is 0.250. The van der Waals surface area contributed by atoms with Gasteiger partial charge in [0.05, 0.1) is 16.9 Å². The lowest BCUT2D eigenvalue weighted by Crippen LogP contribution is -2.02. The second-order valence-corrected chi connectivity index (χ2v) is 3.87. The molecule has 0 saturated carbocycles. The van der Waals surface area contributed by atoms with Crippen molar-refractivity contribution in [2.24, 2.45) is 0 Å². The van der Waals surface area contributed by atoms with Crippen LogP contribution in [0.2, 0.25) is 5.02 Å². The van der Waals surface area contributed by atoms with Crippen molar-refractivity contribution in [3.05, 3.63) is 16.9 Å². The van der Waals surface area contributed by atoms with Crippen LogP contribution in [0.25, 0.3) is 0 Å². The van der Waals surface area contributed by atoms with Crippen LogP contribution in [0.1, 0.15) is 31.9 Å². The van der Waals surface area contributed by atoms with Crippen molar-refractivity contribution in [2.45, 2.75) is 39.7 Å². The normalized spacial score (nSPS) is 10.5. The van der Waals surface area contributed by atoms with E-state index >= 15 is 0 Å². The topological polar surface area (TPSA) is 34.9 Å². The number of unbranched alkanes of at least 4 members (excludes halogenated alkanes) is 1. The number of aromatic nitrogens is 2. The first-order valence-corrected chi connectivity index (χ1v) is 5.16. The predicted molar refractivity (Wildman–Crippen MR) is 56.5 cm³/mol. The Morgan fingerprint density at radius 1 is 1.57 bits per heavy atom. The molecule has 0 aliphatic carbocycles. The van der Waals surface area contributed by atoms with Crippen molar-refractivity contribution in [1.29, 1.82) is 0 Å². The molecule has 0 saturated heterocycles. The molecule has 0 aliphatic heterocycles. The highest BCUT2D eigenvalue weighted by Gasteiger charge is 2.03. The van der Waals surface area contributed by atoms with Crippen molar-refractivity contribution < 1.29 is 4.79 Å². The summed E-state index contributed by atoms with van der Waals surface area (Å²) in [6, 6.07) is 0. The standard InChI is InChI=1S/C10H15ClN2O/c1-8(14)5-3-4-6-13-9(2)10(11)7-12-13/h7H,3-6H2,1-2H3. The fourth-order valence-electron chi connectivity index (χ4n) is 1.28. The Labute approximate surface area is 89.1 Å². The van der Waals surface area contributed by atoms with Gasteiger partial charge in [-0.1, -0.05) is 11.6 Å². The van der Waals surface area contributed by atoms with Gasteiger partial charge < -0.3 is 4.79 Å². The lowest BCUT2D eigenvalue weighted by Gasteiger charge is -2.03. The van der Waals surface area contributed by atoms with Gasteiger partial charge in [-0.3, -0.25) is 4.68 Å². The summed E-state index contributed by atoms with van der Waals surface area (Å²) in [4.78, 5) is 10.7. The summed E-state index contributed by atoms with van der Waals surface area (Å²) in [7, 11) is 0. The van der Waals surface area contributed by atoms with E-state index in [0.29, 0.717) is 11.4 Å². The first-order chi connectivity index (χ1) is 6.61. The molecule has 1 aromatic heterocycles. The third-order valence-corrected chi connectivity index (χ3v) is 2.56. The molecule has 0 aliphatic rings. The minimum atomic E-state index is 0.250. The maximum Gasteiger partial charge on any atom is 0.129 e. The van der Waals surface area contributed by atoms with Crippen LogP contribution in [0.4, 0.5) is 0 Å². The molecular formula is C10H15ClN2O. The number of nitrogens with zero attached hydrogens (tertiary/aromatic N) is 2. The lowest BCUT2D eigenvalue weighted by atomic mass is 10.2. The zero-order valence-corrected chi connectivity index (χ0v) is 9.34. The molecular weight excluding hydrogens is 200 g/mol. The van der Waals surface area contributed by atoms with Gasteiger partial charge in [-0.25, -0.2) is 0 Å². The summed E-state index contributed by atoms with van der Waals surface area (Å²) in [6.07, 6.45) is 4.21. The van der Waals surface area contributed by atoms with E-state index in [4.69, 9.17) is 11.6 Å². The molecule has 0 fully saturated rings. The summed E-state index contributed by atoms with van der Waals surface area (Å²) >= 11 is 5.86. The SMILES string of the molecule is CC(=O)CCCCn1ncc(Cl)c1C. The Morgan fingerprint density at radius 3 is 2.79 bits per heavy atom. The first kappa shape index (κ1) is 11.2. The van der Waals surface area contributed by atoms with Crippen LogP contribution in [-0.2, 0) is 11.3 Å². The van der Waals surface area contributed by atoms with Crippen LogP contribution >= 0.6 is 11.6 Å². The molecule has 0 spiro atoms. The fraction of sp³-hybridized carbons (Fsp3) is 0.600. The summed E-state index contributed by atoms with van der Waals surface area (Å²) in [6.45, 7) is 4.40. The van der Waals surface area contributed by atoms with Gasteiger partial charge in [-0.15, -0.1) is 0 Å². The number of ketones is 1. The van der Waals surface area contributed by atoms with E-state index < -0.39 is 0 Å². The molecule has 1 aromatic rings. The maximum absolute atomic E-state index is 10.7. The number of hydrogen-bond donors (Lipinski definition) is 0. The smallest absolute Gasteiger partial charge is 0.129 e. The Kier molecular flexibility index (Phi) is 4.14. The maximum atomic E-state index is 10.7. The molecule has 4 heteroatoms. The summed E-state index contributed by atoms with van der Waals surface area (Å²) < 4.78 is 1.88. The van der Waals surface area contributed by atoms with Gasteiger partial charge in [0, 0.05) is 13.0 Å². The Bertz CT molecular complexity index is 320. The molecule has 1 heterocycles. The summed E-state index contributed by atoms with van der Waals surface area (Å²) in [5, 5.41) is 4.84. The van der Waals surface area contributed by atoms with Crippen molar-refractivity contribution in [3.63, 3.8) is 0 Å². The molecule has 0 aromatic carbocycles. The minimum Gasteiger partial charge on any atom is -0.300 e. The van der Waals surface area contributed by atoms with E-state index in [1.165, 1.54) is 0 Å². The van der Waals surface area contributed by atoms with Crippen LogP contribution < -0.4 is 0 Å². The minimum absolute atomic E-state index is 0.250. The summed E-state index contributed by atoms with van der Waals surface area (Å²) in [5.41, 5.74) is 0.995. The van der Waals surface area contributed by atoms with Crippen molar-refractivity contribution in [2.75, 3.05) is 0 Å². The van der Waals surface area contributed by atoms with Gasteiger partial charge in [0.2, 0.25) is 0 Å². The van der Waals surface area contributed by atoms with Crippen LogP contribution in [0.3, 0.4) is 0 Å². The average Bonchev–Trinajstić information content (AvgIpc) is 2.43. The highest BCUT2D eigenvalue weighted by molar-refractivity contribution is 6.31. The molecule has 0 amide bonds. The van der Waals surface area contributed by atoms with Crippen LogP contribution in [-0.4, -0.2) is 15.6 Å². The molecule has 0 bridgehead atoms. The van der Waals surface area contributed by atoms with E-state index in [1.807, 2.05) is 11.6 Å². The number of carbonyl (C=O) groups excluding carboxylic acids is 1. The van der Waals surface area contributed by atoms with Crippen LogP contribution in [0.15, 0.2) is 6.20 Å². The average molecular weight is 215 g/mol. The van der Waals surface area contributed by atoms with Crippen molar-refractivity contribution in [1.82, 2.24) is 9.78 Å². The Balaban J connectivity index is 2.31. The van der Waals surface area contributed by atoms with E-state index in [0.717, 1.165) is 25.1 Å². The molecule has 0 radical (unpaired) electrons. The van der Waals surface area contributed by atoms with E-state index in [-0.39, 0.29) is 5.78 Å². The molecule has 78 valence electrons. The quantitative estimate of drug-likeness (QED) is 0.707. The van der Waals surface area contributed by atoms with Gasteiger partial charge in [-0.2, -0.15) is 5.10 Å². The Hall–Kier alpha value is -0.830. The number of aryl methyl sites for hydroxylation is 1. The third-order valence-electron chi connectivity index (χ3n) is 2.19. The number of Topliss-reactive ketones (excluding diaryl/α,β-unsaturated/α-hetero) is 1. The van der Waals surface area contributed by atoms with Gasteiger partial charge in [0.15, 0.2) is 0 Å².